The van der Waals surface area contributed by atoms with Crippen molar-refractivity contribution in [1.29, 1.82) is 0 Å². The van der Waals surface area contributed by atoms with Gasteiger partial charge in [-0.15, -0.1) is 0 Å². The number of nitrogens with one attached hydrogen (secondary N) is 1. The van der Waals surface area contributed by atoms with Crippen LogP contribution in [0.25, 0.3) is 0 Å². The van der Waals surface area contributed by atoms with E-state index < -0.39 is 0 Å². The van der Waals surface area contributed by atoms with Crippen LogP contribution in [0.5, 0.6) is 0 Å². The maximum absolute atomic E-state index is 11.0. The van der Waals surface area contributed by atoms with Crippen molar-refractivity contribution < 1.29 is 9.63 Å². The third-order valence-corrected chi connectivity index (χ3v) is 3.08. The van der Waals surface area contributed by atoms with Crippen LogP contribution < -0.4 is 5.32 Å². The Bertz CT molecular complexity index is 257. The van der Waals surface area contributed by atoms with Crippen LogP contribution in [-0.2, 0) is 9.63 Å². The van der Waals surface area contributed by atoms with Gasteiger partial charge in [-0.3, -0.25) is 0 Å². The van der Waals surface area contributed by atoms with Crippen molar-refractivity contribution in [3.8, 4) is 0 Å². The lowest BCUT2D eigenvalue weighted by atomic mass is 9.96. The molecule has 78 valence electrons. The molecule has 2 atom stereocenters. The minimum atomic E-state index is -0.204. The highest BCUT2D eigenvalue weighted by atomic mass is 16.7. The van der Waals surface area contributed by atoms with Crippen LogP contribution >= 0.6 is 0 Å². The van der Waals surface area contributed by atoms with Gasteiger partial charge in [-0.25, -0.2) is 4.79 Å². The molecule has 0 amide bonds. The van der Waals surface area contributed by atoms with Gasteiger partial charge in [-0.05, 0) is 45.2 Å². The predicted molar refractivity (Wildman–Crippen MR) is 52.9 cm³/mol. The molecule has 4 nitrogen and oxygen atoms in total. The number of hydrogen-bond donors (Lipinski definition) is 1. The monoisotopic (exact) mass is 196 g/mol. The van der Waals surface area contributed by atoms with Crippen molar-refractivity contribution >= 4 is 11.7 Å². The summed E-state index contributed by atoms with van der Waals surface area (Å²) in [4.78, 5) is 15.7. The first-order valence-electron chi connectivity index (χ1n) is 5.25. The van der Waals surface area contributed by atoms with Crippen LogP contribution in [0.3, 0.4) is 0 Å². The molecular formula is C10H16N2O2. The second-order valence-electron chi connectivity index (χ2n) is 4.11. The summed E-state index contributed by atoms with van der Waals surface area (Å²) < 4.78 is 0. The summed E-state index contributed by atoms with van der Waals surface area (Å²) in [5, 5.41) is 7.14. The molecule has 0 saturated carbocycles. The van der Waals surface area contributed by atoms with Crippen molar-refractivity contribution in [3.05, 3.63) is 0 Å². The summed E-state index contributed by atoms with van der Waals surface area (Å²) in [5.41, 5.74) is 0.918. The van der Waals surface area contributed by atoms with Crippen molar-refractivity contribution in [2.24, 2.45) is 17.0 Å². The van der Waals surface area contributed by atoms with Crippen molar-refractivity contribution in [2.75, 3.05) is 13.1 Å². The molecule has 0 aliphatic carbocycles. The summed E-state index contributed by atoms with van der Waals surface area (Å²) in [5.74, 6) is 0.425. The molecule has 2 rings (SSSR count). The van der Waals surface area contributed by atoms with Gasteiger partial charge in [0.25, 0.3) is 0 Å². The minimum absolute atomic E-state index is 0.121. The smallest absolute Gasteiger partial charge is 0.318 e. The normalized spacial score (nSPS) is 31.8. The molecule has 0 spiro atoms. The van der Waals surface area contributed by atoms with Gasteiger partial charge in [0, 0.05) is 0 Å². The van der Waals surface area contributed by atoms with Gasteiger partial charge in [0.2, 0.25) is 0 Å². The molecule has 0 radical (unpaired) electrons. The van der Waals surface area contributed by atoms with Gasteiger partial charge in [0.15, 0.2) is 0 Å². The fraction of sp³-hybridized carbons (Fsp3) is 0.800. The molecule has 1 saturated heterocycles. The van der Waals surface area contributed by atoms with E-state index >= 15 is 0 Å². The van der Waals surface area contributed by atoms with E-state index in [1.807, 2.05) is 6.92 Å². The van der Waals surface area contributed by atoms with E-state index in [4.69, 9.17) is 0 Å². The molecule has 0 aromatic heterocycles. The van der Waals surface area contributed by atoms with E-state index in [2.05, 4.69) is 15.3 Å². The summed E-state index contributed by atoms with van der Waals surface area (Å²) in [6.45, 7) is 4.10. The van der Waals surface area contributed by atoms with E-state index in [1.54, 1.807) is 0 Å². The average Bonchev–Trinajstić information content (AvgIpc) is 2.77. The van der Waals surface area contributed by atoms with E-state index in [0.717, 1.165) is 37.6 Å². The second-order valence-corrected chi connectivity index (χ2v) is 4.11. The van der Waals surface area contributed by atoms with E-state index in [0.29, 0.717) is 0 Å². The van der Waals surface area contributed by atoms with Crippen LogP contribution in [0, 0.1) is 11.8 Å². The zero-order valence-electron chi connectivity index (χ0n) is 8.45. The minimum Gasteiger partial charge on any atom is -0.318 e. The molecule has 2 heterocycles. The van der Waals surface area contributed by atoms with Gasteiger partial charge >= 0.3 is 5.97 Å². The fourth-order valence-electron chi connectivity index (χ4n) is 1.97. The molecule has 2 aliphatic heterocycles. The molecule has 1 N–H and O–H groups in total. The maximum atomic E-state index is 11.0. The van der Waals surface area contributed by atoms with Crippen molar-refractivity contribution in [2.45, 2.75) is 26.2 Å². The maximum Gasteiger partial charge on any atom is 0.343 e. The Morgan fingerprint density at radius 2 is 2.50 bits per heavy atom. The number of rotatable bonds is 3. The lowest BCUT2D eigenvalue weighted by molar-refractivity contribution is -0.142. The predicted octanol–water partition coefficient (Wildman–Crippen LogP) is 0.925. The first-order chi connectivity index (χ1) is 6.77. The summed E-state index contributed by atoms with van der Waals surface area (Å²) in [6, 6.07) is 0. The Morgan fingerprint density at radius 3 is 3.07 bits per heavy atom. The highest BCUT2D eigenvalue weighted by molar-refractivity contribution is 6.04. The zero-order valence-corrected chi connectivity index (χ0v) is 8.45. The molecule has 0 aromatic carbocycles. The Kier molecular flexibility index (Phi) is 2.82. The standard InChI is InChI=1S/C10H16N2O2/c1-7-9(12-14-10(7)13)3-2-8-4-5-11-6-8/h7-8,11H,2-6H2,1H3. The Balaban J connectivity index is 1.77. The highest BCUT2D eigenvalue weighted by Crippen LogP contribution is 2.20. The van der Waals surface area contributed by atoms with Crippen LogP contribution in [0.4, 0.5) is 0 Å². The number of hydrogen-bond acceptors (Lipinski definition) is 4. The van der Waals surface area contributed by atoms with Gasteiger partial charge in [-0.2, -0.15) is 0 Å². The van der Waals surface area contributed by atoms with Crippen molar-refractivity contribution in [3.63, 3.8) is 0 Å². The lowest BCUT2D eigenvalue weighted by Crippen LogP contribution is -2.16. The first kappa shape index (κ1) is 9.65. The third-order valence-electron chi connectivity index (χ3n) is 3.08. The lowest BCUT2D eigenvalue weighted by Gasteiger charge is -2.07. The number of carbonyl (C=O) groups is 1. The van der Waals surface area contributed by atoms with Crippen LogP contribution in [0.15, 0.2) is 5.16 Å². The summed E-state index contributed by atoms with van der Waals surface area (Å²) in [6.07, 6.45) is 3.27. The Morgan fingerprint density at radius 1 is 1.64 bits per heavy atom. The summed E-state index contributed by atoms with van der Waals surface area (Å²) >= 11 is 0. The number of carbonyl (C=O) groups excluding carboxylic acids is 1. The largest absolute Gasteiger partial charge is 0.343 e. The SMILES string of the molecule is CC1C(=O)ON=C1CCC1CCNC1. The van der Waals surface area contributed by atoms with Crippen LogP contribution in [0.2, 0.25) is 0 Å². The van der Waals surface area contributed by atoms with Crippen molar-refractivity contribution in [1.82, 2.24) is 5.32 Å². The summed E-state index contributed by atoms with van der Waals surface area (Å²) in [7, 11) is 0. The van der Waals surface area contributed by atoms with Crippen LogP contribution in [0.1, 0.15) is 26.2 Å². The topological polar surface area (TPSA) is 50.7 Å². The molecule has 4 heteroatoms. The van der Waals surface area contributed by atoms with E-state index in [9.17, 15) is 4.79 Å². The molecule has 1 fully saturated rings. The molecule has 2 unspecified atom stereocenters. The second kappa shape index (κ2) is 4.09. The molecule has 0 aromatic rings. The highest BCUT2D eigenvalue weighted by Gasteiger charge is 2.28. The first-order valence-corrected chi connectivity index (χ1v) is 5.25. The van der Waals surface area contributed by atoms with Gasteiger partial charge in [0.05, 0.1) is 11.6 Å². The molecule has 0 bridgehead atoms. The van der Waals surface area contributed by atoms with Crippen LogP contribution in [-0.4, -0.2) is 24.8 Å². The molecule has 2 aliphatic rings. The van der Waals surface area contributed by atoms with E-state index in [1.165, 1.54) is 6.42 Å². The fourth-order valence-corrected chi connectivity index (χ4v) is 1.97. The van der Waals surface area contributed by atoms with Gasteiger partial charge in [-0.1, -0.05) is 5.16 Å². The molecule has 14 heavy (non-hydrogen) atoms. The van der Waals surface area contributed by atoms with E-state index in [-0.39, 0.29) is 11.9 Å². The Hall–Kier alpha value is -0.900. The average molecular weight is 196 g/mol. The number of nitrogens with zero attached hydrogens (tertiary/aromatic N) is 1. The zero-order chi connectivity index (χ0) is 9.97. The quantitative estimate of drug-likeness (QED) is 0.683. The number of oxime groups is 1. The third kappa shape index (κ3) is 1.95. The Labute approximate surface area is 83.7 Å². The van der Waals surface area contributed by atoms with Gasteiger partial charge in [0.1, 0.15) is 0 Å². The molecular weight excluding hydrogens is 180 g/mol. The van der Waals surface area contributed by atoms with Gasteiger partial charge < -0.3 is 10.2 Å².